The maximum atomic E-state index is 13.7. The van der Waals surface area contributed by atoms with Crippen LogP contribution in [0.1, 0.15) is 10.4 Å². The number of thiazole rings is 1. The number of hydrogen-bond acceptors (Lipinski definition) is 5. The van der Waals surface area contributed by atoms with Gasteiger partial charge in [-0.15, -0.1) is 0 Å². The molecule has 0 atom stereocenters. The standard InChI is InChI=1S/C9H7FN2O2S/c1-14-8(13)4-2-3-5-7(6(4)10)12-9(11)15-5/h2-3H,1H3,(H2,11,12). The molecule has 0 aliphatic carbocycles. The summed E-state index contributed by atoms with van der Waals surface area (Å²) in [5, 5.41) is 0.269. The molecule has 1 heterocycles. The Morgan fingerprint density at radius 2 is 2.33 bits per heavy atom. The smallest absolute Gasteiger partial charge is 0.340 e. The second-order valence-electron chi connectivity index (χ2n) is 2.82. The van der Waals surface area contributed by atoms with E-state index in [0.29, 0.717) is 4.70 Å². The van der Waals surface area contributed by atoms with E-state index in [-0.39, 0.29) is 16.2 Å². The molecule has 15 heavy (non-hydrogen) atoms. The fourth-order valence-corrected chi connectivity index (χ4v) is 1.98. The van der Waals surface area contributed by atoms with E-state index < -0.39 is 11.8 Å². The lowest BCUT2D eigenvalue weighted by Crippen LogP contribution is -2.04. The average molecular weight is 226 g/mol. The second-order valence-corrected chi connectivity index (χ2v) is 3.88. The van der Waals surface area contributed by atoms with Crippen molar-refractivity contribution in [3.63, 3.8) is 0 Å². The first-order chi connectivity index (χ1) is 7.13. The number of benzene rings is 1. The number of methoxy groups -OCH3 is 1. The molecular weight excluding hydrogens is 219 g/mol. The summed E-state index contributed by atoms with van der Waals surface area (Å²) in [5.74, 6) is -1.41. The Labute approximate surface area is 88.5 Å². The zero-order valence-corrected chi connectivity index (χ0v) is 8.60. The maximum Gasteiger partial charge on any atom is 0.340 e. The molecule has 1 aromatic carbocycles. The van der Waals surface area contributed by atoms with Crippen molar-refractivity contribution in [2.75, 3.05) is 12.8 Å². The third-order valence-corrected chi connectivity index (χ3v) is 2.77. The highest BCUT2D eigenvalue weighted by Gasteiger charge is 2.17. The van der Waals surface area contributed by atoms with Crippen molar-refractivity contribution in [3.8, 4) is 0 Å². The van der Waals surface area contributed by atoms with Crippen LogP contribution in [-0.4, -0.2) is 18.1 Å². The van der Waals surface area contributed by atoms with Gasteiger partial charge in [0.1, 0.15) is 5.52 Å². The fourth-order valence-electron chi connectivity index (χ4n) is 1.25. The summed E-state index contributed by atoms with van der Waals surface area (Å²) in [5.41, 5.74) is 5.42. The van der Waals surface area contributed by atoms with E-state index in [4.69, 9.17) is 5.73 Å². The minimum atomic E-state index is -0.721. The van der Waals surface area contributed by atoms with Gasteiger partial charge < -0.3 is 10.5 Å². The first-order valence-corrected chi connectivity index (χ1v) is 4.88. The molecule has 0 amide bonds. The summed E-state index contributed by atoms with van der Waals surface area (Å²) >= 11 is 1.17. The van der Waals surface area contributed by atoms with E-state index in [0.717, 1.165) is 0 Å². The molecule has 2 N–H and O–H groups in total. The van der Waals surface area contributed by atoms with Gasteiger partial charge >= 0.3 is 5.97 Å². The number of nitrogen functional groups attached to an aromatic ring is 1. The van der Waals surface area contributed by atoms with Crippen LogP contribution in [0, 0.1) is 5.82 Å². The van der Waals surface area contributed by atoms with Gasteiger partial charge in [-0.25, -0.2) is 14.2 Å². The van der Waals surface area contributed by atoms with Crippen LogP contribution in [-0.2, 0) is 4.74 Å². The molecule has 0 fully saturated rings. The van der Waals surface area contributed by atoms with E-state index in [1.807, 2.05) is 0 Å². The number of anilines is 1. The van der Waals surface area contributed by atoms with Crippen molar-refractivity contribution in [2.24, 2.45) is 0 Å². The zero-order chi connectivity index (χ0) is 11.0. The lowest BCUT2D eigenvalue weighted by atomic mass is 10.2. The largest absolute Gasteiger partial charge is 0.465 e. The summed E-state index contributed by atoms with van der Waals surface area (Å²) in [6, 6.07) is 2.96. The molecule has 6 heteroatoms. The monoisotopic (exact) mass is 226 g/mol. The fraction of sp³-hybridized carbons (Fsp3) is 0.111. The Morgan fingerprint density at radius 1 is 1.60 bits per heavy atom. The van der Waals surface area contributed by atoms with Crippen molar-refractivity contribution in [1.29, 1.82) is 0 Å². The van der Waals surface area contributed by atoms with Crippen LogP contribution in [0.5, 0.6) is 0 Å². The van der Waals surface area contributed by atoms with Crippen LogP contribution in [0.15, 0.2) is 12.1 Å². The van der Waals surface area contributed by atoms with E-state index in [1.54, 1.807) is 6.07 Å². The topological polar surface area (TPSA) is 65.2 Å². The highest BCUT2D eigenvalue weighted by atomic mass is 32.1. The van der Waals surface area contributed by atoms with Crippen molar-refractivity contribution >= 4 is 32.7 Å². The van der Waals surface area contributed by atoms with Crippen LogP contribution in [0.3, 0.4) is 0 Å². The van der Waals surface area contributed by atoms with Gasteiger partial charge in [0.2, 0.25) is 0 Å². The summed E-state index contributed by atoms with van der Waals surface area (Å²) in [6.07, 6.45) is 0. The molecule has 0 spiro atoms. The number of ether oxygens (including phenoxy) is 1. The Hall–Kier alpha value is -1.69. The van der Waals surface area contributed by atoms with Crippen molar-refractivity contribution in [3.05, 3.63) is 23.5 Å². The van der Waals surface area contributed by atoms with Gasteiger partial charge in [-0.1, -0.05) is 11.3 Å². The molecule has 0 aliphatic rings. The van der Waals surface area contributed by atoms with Gasteiger partial charge in [0, 0.05) is 0 Å². The minimum absolute atomic E-state index is 0.111. The number of nitrogens with two attached hydrogens (primary N) is 1. The summed E-state index contributed by atoms with van der Waals surface area (Å²) < 4.78 is 18.8. The van der Waals surface area contributed by atoms with Crippen LogP contribution < -0.4 is 5.73 Å². The lowest BCUT2D eigenvalue weighted by molar-refractivity contribution is 0.0596. The normalized spacial score (nSPS) is 10.5. The Balaban J connectivity index is 2.69. The first kappa shape index (κ1) is 9.85. The Morgan fingerprint density at radius 3 is 3.00 bits per heavy atom. The predicted molar refractivity (Wildman–Crippen MR) is 55.3 cm³/mol. The maximum absolute atomic E-state index is 13.7. The van der Waals surface area contributed by atoms with E-state index >= 15 is 0 Å². The molecule has 4 nitrogen and oxygen atoms in total. The van der Waals surface area contributed by atoms with Crippen LogP contribution in [0.25, 0.3) is 10.2 Å². The van der Waals surface area contributed by atoms with Gasteiger partial charge in [0.25, 0.3) is 0 Å². The number of halogens is 1. The number of esters is 1. The Kier molecular flexibility index (Phi) is 2.28. The number of fused-ring (bicyclic) bond motifs is 1. The number of carbonyl (C=O) groups excluding carboxylic acids is 1. The molecule has 0 saturated carbocycles. The SMILES string of the molecule is COC(=O)c1ccc2sc(N)nc2c1F. The molecule has 2 rings (SSSR count). The summed E-state index contributed by atoms with van der Waals surface area (Å²) in [4.78, 5) is 15.0. The molecule has 0 radical (unpaired) electrons. The van der Waals surface area contributed by atoms with Crippen LogP contribution in [0.2, 0.25) is 0 Å². The number of rotatable bonds is 1. The van der Waals surface area contributed by atoms with Gasteiger partial charge in [-0.05, 0) is 12.1 Å². The van der Waals surface area contributed by atoms with E-state index in [1.165, 1.54) is 24.5 Å². The van der Waals surface area contributed by atoms with Gasteiger partial charge in [0.05, 0.1) is 17.4 Å². The van der Waals surface area contributed by atoms with Crippen LogP contribution >= 0.6 is 11.3 Å². The molecule has 1 aromatic heterocycles. The molecule has 0 unspecified atom stereocenters. The second kappa shape index (κ2) is 3.47. The van der Waals surface area contributed by atoms with E-state index in [2.05, 4.69) is 9.72 Å². The average Bonchev–Trinajstić information content (AvgIpc) is 2.59. The zero-order valence-electron chi connectivity index (χ0n) is 7.78. The summed E-state index contributed by atoms with van der Waals surface area (Å²) in [6.45, 7) is 0. The highest BCUT2D eigenvalue weighted by Crippen LogP contribution is 2.27. The van der Waals surface area contributed by atoms with Gasteiger partial charge in [-0.2, -0.15) is 0 Å². The van der Waals surface area contributed by atoms with Crippen LogP contribution in [0.4, 0.5) is 9.52 Å². The number of hydrogen-bond donors (Lipinski definition) is 1. The molecule has 0 saturated heterocycles. The van der Waals surface area contributed by atoms with Gasteiger partial charge in [0.15, 0.2) is 10.9 Å². The molecule has 0 bridgehead atoms. The van der Waals surface area contributed by atoms with E-state index in [9.17, 15) is 9.18 Å². The molecule has 78 valence electrons. The van der Waals surface area contributed by atoms with Crippen molar-refractivity contribution < 1.29 is 13.9 Å². The molecule has 0 aliphatic heterocycles. The lowest BCUT2D eigenvalue weighted by Gasteiger charge is -2.00. The quantitative estimate of drug-likeness (QED) is 0.753. The number of carbonyl (C=O) groups is 1. The first-order valence-electron chi connectivity index (χ1n) is 4.06. The predicted octanol–water partition coefficient (Wildman–Crippen LogP) is 1.80. The van der Waals surface area contributed by atoms with Gasteiger partial charge in [-0.3, -0.25) is 0 Å². The minimum Gasteiger partial charge on any atom is -0.465 e. The highest BCUT2D eigenvalue weighted by molar-refractivity contribution is 7.22. The third-order valence-electron chi connectivity index (χ3n) is 1.92. The number of nitrogens with zero attached hydrogens (tertiary/aromatic N) is 1. The summed E-state index contributed by atoms with van der Waals surface area (Å²) in [7, 11) is 1.20. The molecule has 2 aromatic rings. The molecular formula is C9H7FN2O2S. The number of aromatic nitrogens is 1. The van der Waals surface area contributed by atoms with Crippen molar-refractivity contribution in [2.45, 2.75) is 0 Å². The Bertz CT molecular complexity index is 538. The third kappa shape index (κ3) is 1.52. The van der Waals surface area contributed by atoms with Crippen molar-refractivity contribution in [1.82, 2.24) is 4.98 Å².